The number of rotatable bonds is 3. The van der Waals surface area contributed by atoms with Crippen LogP contribution in [0, 0.1) is 0 Å². The van der Waals surface area contributed by atoms with Crippen LogP contribution in [-0.2, 0) is 13.6 Å². The number of nitrogen functional groups attached to an aromatic ring is 1. The van der Waals surface area contributed by atoms with Crippen molar-refractivity contribution in [1.29, 1.82) is 0 Å². The lowest BCUT2D eigenvalue weighted by atomic mass is 10.3. The molecule has 3 rings (SSSR count). The van der Waals surface area contributed by atoms with Gasteiger partial charge in [-0.2, -0.15) is 5.10 Å². The van der Waals surface area contributed by atoms with Crippen molar-refractivity contribution in [3.63, 3.8) is 0 Å². The van der Waals surface area contributed by atoms with Gasteiger partial charge in [0.2, 0.25) is 0 Å². The zero-order valence-electron chi connectivity index (χ0n) is 10.4. The number of benzene rings is 1. The summed E-state index contributed by atoms with van der Waals surface area (Å²) in [5, 5.41) is 7.27. The summed E-state index contributed by atoms with van der Waals surface area (Å²) in [6.45, 7) is 0.456. The summed E-state index contributed by atoms with van der Waals surface area (Å²) >= 11 is 0. The molecule has 0 unspecified atom stereocenters. The second-order valence-electron chi connectivity index (χ2n) is 4.13. The first-order valence-corrected chi connectivity index (χ1v) is 5.83. The molecule has 7 heteroatoms. The summed E-state index contributed by atoms with van der Waals surface area (Å²) in [4.78, 5) is 12.9. The molecule has 0 aliphatic heterocycles. The van der Waals surface area contributed by atoms with Crippen molar-refractivity contribution in [1.82, 2.24) is 24.7 Å². The van der Waals surface area contributed by atoms with Crippen LogP contribution in [0.2, 0.25) is 0 Å². The molecule has 0 saturated heterocycles. The average Bonchev–Trinajstić information content (AvgIpc) is 2.82. The largest absolute Gasteiger partial charge is 0.381 e. The number of fused-ring (bicyclic) bond motifs is 1. The number of hydrogen-bond acceptors (Lipinski definition) is 6. The van der Waals surface area contributed by atoms with Crippen molar-refractivity contribution in [2.75, 3.05) is 11.1 Å². The molecule has 7 nitrogen and oxygen atoms in total. The number of aromatic nitrogens is 5. The predicted molar refractivity (Wildman–Crippen MR) is 72.3 cm³/mol. The summed E-state index contributed by atoms with van der Waals surface area (Å²) in [6.07, 6.45) is 1.65. The highest BCUT2D eigenvalue weighted by molar-refractivity contribution is 5.79. The van der Waals surface area contributed by atoms with Gasteiger partial charge in [-0.25, -0.2) is 15.0 Å². The zero-order valence-corrected chi connectivity index (χ0v) is 10.4. The van der Waals surface area contributed by atoms with Crippen LogP contribution in [0.5, 0.6) is 0 Å². The standard InChI is InChI=1S/C12H13N7/c1-19-7-15-10(18-19)6-14-12-11(13)16-8-4-2-3-5-9(8)17-12/h2-5,7H,6H2,1H3,(H2,13,16)(H,14,17). The van der Waals surface area contributed by atoms with Crippen LogP contribution in [0.25, 0.3) is 11.0 Å². The fourth-order valence-corrected chi connectivity index (χ4v) is 1.77. The fourth-order valence-electron chi connectivity index (χ4n) is 1.77. The van der Waals surface area contributed by atoms with Crippen LogP contribution in [0.3, 0.4) is 0 Å². The Labute approximate surface area is 109 Å². The first-order chi connectivity index (χ1) is 9.22. The molecule has 0 atom stereocenters. The van der Waals surface area contributed by atoms with Gasteiger partial charge in [0.25, 0.3) is 0 Å². The van der Waals surface area contributed by atoms with Gasteiger partial charge in [-0.15, -0.1) is 0 Å². The SMILES string of the molecule is Cn1cnc(CNc2nc3ccccc3nc2N)n1. The van der Waals surface area contributed by atoms with E-state index in [4.69, 9.17) is 5.73 Å². The molecule has 0 aliphatic rings. The lowest BCUT2D eigenvalue weighted by Gasteiger charge is -2.07. The first-order valence-electron chi connectivity index (χ1n) is 5.83. The third-order valence-corrected chi connectivity index (χ3v) is 2.66. The number of anilines is 2. The Hall–Kier alpha value is -2.70. The van der Waals surface area contributed by atoms with Crippen LogP contribution < -0.4 is 11.1 Å². The van der Waals surface area contributed by atoms with E-state index in [0.29, 0.717) is 24.0 Å². The van der Waals surface area contributed by atoms with Crippen LogP contribution in [0.1, 0.15) is 5.82 Å². The third kappa shape index (κ3) is 2.30. The second kappa shape index (κ2) is 4.52. The predicted octanol–water partition coefficient (Wildman–Crippen LogP) is 0.953. The normalized spacial score (nSPS) is 10.8. The van der Waals surface area contributed by atoms with Crippen molar-refractivity contribution < 1.29 is 0 Å². The number of para-hydroxylation sites is 2. The van der Waals surface area contributed by atoms with E-state index in [2.05, 4.69) is 25.4 Å². The average molecular weight is 255 g/mol. The molecule has 3 N–H and O–H groups in total. The van der Waals surface area contributed by atoms with Gasteiger partial charge in [0.05, 0.1) is 17.6 Å². The first kappa shape index (κ1) is 11.4. The second-order valence-corrected chi connectivity index (χ2v) is 4.13. The molecule has 2 aromatic heterocycles. The molecule has 0 aliphatic carbocycles. The van der Waals surface area contributed by atoms with E-state index in [1.54, 1.807) is 11.0 Å². The molecule has 19 heavy (non-hydrogen) atoms. The highest BCUT2D eigenvalue weighted by Crippen LogP contribution is 2.18. The minimum absolute atomic E-state index is 0.370. The molecule has 0 radical (unpaired) electrons. The highest BCUT2D eigenvalue weighted by atomic mass is 15.3. The van der Waals surface area contributed by atoms with Gasteiger partial charge in [0.15, 0.2) is 17.5 Å². The molecule has 0 amide bonds. The lowest BCUT2D eigenvalue weighted by Crippen LogP contribution is -2.08. The fraction of sp³-hybridized carbons (Fsp3) is 0.167. The number of hydrogen-bond donors (Lipinski definition) is 2. The van der Waals surface area contributed by atoms with Gasteiger partial charge in [0.1, 0.15) is 6.33 Å². The van der Waals surface area contributed by atoms with Gasteiger partial charge in [-0.3, -0.25) is 4.68 Å². The maximum Gasteiger partial charge on any atom is 0.169 e. The van der Waals surface area contributed by atoms with E-state index in [0.717, 1.165) is 11.0 Å². The van der Waals surface area contributed by atoms with E-state index in [9.17, 15) is 0 Å². The van der Waals surface area contributed by atoms with Crippen LogP contribution >= 0.6 is 0 Å². The van der Waals surface area contributed by atoms with Crippen LogP contribution in [-0.4, -0.2) is 24.7 Å². The Morgan fingerprint density at radius 3 is 2.63 bits per heavy atom. The van der Waals surface area contributed by atoms with Crippen molar-refractivity contribution in [2.45, 2.75) is 6.54 Å². The number of nitrogens with two attached hydrogens (primary N) is 1. The Morgan fingerprint density at radius 2 is 1.95 bits per heavy atom. The van der Waals surface area contributed by atoms with Gasteiger partial charge in [-0.1, -0.05) is 12.1 Å². The maximum absolute atomic E-state index is 5.87. The van der Waals surface area contributed by atoms with Crippen molar-refractivity contribution in [2.24, 2.45) is 7.05 Å². The molecule has 2 heterocycles. The number of nitrogens with one attached hydrogen (secondary N) is 1. The van der Waals surface area contributed by atoms with E-state index in [-0.39, 0.29) is 0 Å². The monoisotopic (exact) mass is 255 g/mol. The van der Waals surface area contributed by atoms with E-state index >= 15 is 0 Å². The lowest BCUT2D eigenvalue weighted by molar-refractivity contribution is 0.747. The summed E-state index contributed by atoms with van der Waals surface area (Å²) < 4.78 is 1.65. The van der Waals surface area contributed by atoms with E-state index < -0.39 is 0 Å². The van der Waals surface area contributed by atoms with Gasteiger partial charge >= 0.3 is 0 Å². The smallest absolute Gasteiger partial charge is 0.169 e. The van der Waals surface area contributed by atoms with E-state index in [1.165, 1.54) is 0 Å². The van der Waals surface area contributed by atoms with Gasteiger partial charge in [0, 0.05) is 7.05 Å². The quantitative estimate of drug-likeness (QED) is 0.723. The molecule has 96 valence electrons. The molecule has 0 bridgehead atoms. The van der Waals surface area contributed by atoms with Crippen molar-refractivity contribution in [3.8, 4) is 0 Å². The topological polar surface area (TPSA) is 94.5 Å². The third-order valence-electron chi connectivity index (χ3n) is 2.66. The maximum atomic E-state index is 5.87. The van der Waals surface area contributed by atoms with Gasteiger partial charge < -0.3 is 11.1 Å². The molecular formula is C12H13N7. The molecule has 1 aromatic carbocycles. The van der Waals surface area contributed by atoms with Gasteiger partial charge in [-0.05, 0) is 12.1 Å². The Kier molecular flexibility index (Phi) is 2.71. The summed E-state index contributed by atoms with van der Waals surface area (Å²) in [6, 6.07) is 7.59. The highest BCUT2D eigenvalue weighted by Gasteiger charge is 2.06. The zero-order chi connectivity index (χ0) is 13.2. The Morgan fingerprint density at radius 1 is 1.21 bits per heavy atom. The molecule has 0 saturated carbocycles. The van der Waals surface area contributed by atoms with Crippen LogP contribution in [0.15, 0.2) is 30.6 Å². The van der Waals surface area contributed by atoms with Crippen LogP contribution in [0.4, 0.5) is 11.6 Å². The molecular weight excluding hydrogens is 242 g/mol. The summed E-state index contributed by atoms with van der Waals surface area (Å²) in [5.74, 6) is 1.60. The minimum atomic E-state index is 0.370. The Balaban J connectivity index is 1.86. The number of nitrogens with zero attached hydrogens (tertiary/aromatic N) is 5. The molecule has 0 spiro atoms. The number of aryl methyl sites for hydroxylation is 1. The molecule has 3 aromatic rings. The van der Waals surface area contributed by atoms with Crippen molar-refractivity contribution in [3.05, 3.63) is 36.4 Å². The van der Waals surface area contributed by atoms with E-state index in [1.807, 2.05) is 31.3 Å². The molecule has 0 fully saturated rings. The Bertz CT molecular complexity index is 719. The summed E-state index contributed by atoms with van der Waals surface area (Å²) in [7, 11) is 1.82. The summed E-state index contributed by atoms with van der Waals surface area (Å²) in [5.41, 5.74) is 7.45. The minimum Gasteiger partial charge on any atom is -0.381 e. The van der Waals surface area contributed by atoms with Crippen molar-refractivity contribution >= 4 is 22.7 Å².